The van der Waals surface area contributed by atoms with E-state index in [2.05, 4.69) is 4.98 Å². The van der Waals surface area contributed by atoms with Crippen LogP contribution in [-0.2, 0) is 16.8 Å². The van der Waals surface area contributed by atoms with Crippen molar-refractivity contribution in [3.8, 4) is 5.75 Å². The van der Waals surface area contributed by atoms with Gasteiger partial charge in [-0.25, -0.2) is 0 Å². The number of pyridine rings is 1. The van der Waals surface area contributed by atoms with Gasteiger partial charge in [0.25, 0.3) is 0 Å². The molecule has 4 N–H and O–H groups in total. The first kappa shape index (κ1) is 16.5. The SMILES string of the molecule is Cc1cc(COc2cccc([C@@]3(C(N)=O)C[C@H]3N)c2)c2ccccc2n1. The van der Waals surface area contributed by atoms with Gasteiger partial charge in [-0.05, 0) is 43.2 Å². The Kier molecular flexibility index (Phi) is 3.89. The highest BCUT2D eigenvalue weighted by atomic mass is 16.5. The van der Waals surface area contributed by atoms with E-state index < -0.39 is 5.41 Å². The maximum Gasteiger partial charge on any atom is 0.229 e. The molecule has 1 aliphatic rings. The van der Waals surface area contributed by atoms with Crippen molar-refractivity contribution in [3.05, 3.63) is 71.4 Å². The van der Waals surface area contributed by atoms with Gasteiger partial charge in [0.05, 0.1) is 10.9 Å². The molecule has 132 valence electrons. The molecular formula is C21H21N3O2. The van der Waals surface area contributed by atoms with E-state index in [0.29, 0.717) is 18.8 Å². The van der Waals surface area contributed by atoms with E-state index in [1.807, 2.05) is 61.5 Å². The number of hydrogen-bond donors (Lipinski definition) is 2. The number of carbonyl (C=O) groups is 1. The first-order chi connectivity index (χ1) is 12.5. The van der Waals surface area contributed by atoms with E-state index in [9.17, 15) is 4.79 Å². The summed E-state index contributed by atoms with van der Waals surface area (Å²) in [5.41, 5.74) is 14.6. The smallest absolute Gasteiger partial charge is 0.229 e. The molecule has 1 saturated carbocycles. The average molecular weight is 347 g/mol. The normalized spacial score (nSPS) is 21.5. The van der Waals surface area contributed by atoms with Gasteiger partial charge in [0, 0.05) is 22.7 Å². The Morgan fingerprint density at radius 1 is 1.23 bits per heavy atom. The minimum absolute atomic E-state index is 0.220. The number of primary amides is 1. The third-order valence-electron chi connectivity index (χ3n) is 5.13. The first-order valence-corrected chi connectivity index (χ1v) is 8.65. The summed E-state index contributed by atoms with van der Waals surface area (Å²) in [4.78, 5) is 16.4. The second-order valence-corrected chi connectivity index (χ2v) is 6.90. The van der Waals surface area contributed by atoms with Gasteiger partial charge in [0.2, 0.25) is 5.91 Å². The summed E-state index contributed by atoms with van der Waals surface area (Å²) in [6, 6.07) is 17.3. The van der Waals surface area contributed by atoms with Crippen molar-refractivity contribution in [2.24, 2.45) is 11.5 Å². The second kappa shape index (κ2) is 6.11. The molecule has 5 nitrogen and oxygen atoms in total. The standard InChI is InChI=1S/C21H21N3O2/c1-13-9-14(17-7-2-3-8-18(17)24-13)12-26-16-6-4-5-15(10-16)21(20(23)25)11-19(21)22/h2-10,19H,11-12,22H2,1H3,(H2,23,25)/t19-,21+/m1/s1. The van der Waals surface area contributed by atoms with E-state index in [0.717, 1.165) is 27.7 Å². The fourth-order valence-corrected chi connectivity index (χ4v) is 3.58. The van der Waals surface area contributed by atoms with Crippen LogP contribution >= 0.6 is 0 Å². The molecule has 2 atom stereocenters. The number of aryl methyl sites for hydroxylation is 1. The molecule has 0 aliphatic heterocycles. The molecule has 3 aromatic rings. The van der Waals surface area contributed by atoms with Crippen LogP contribution in [0.25, 0.3) is 10.9 Å². The summed E-state index contributed by atoms with van der Waals surface area (Å²) in [5.74, 6) is 0.318. The van der Waals surface area contributed by atoms with E-state index in [4.69, 9.17) is 16.2 Å². The van der Waals surface area contributed by atoms with E-state index >= 15 is 0 Å². The molecule has 0 spiro atoms. The van der Waals surface area contributed by atoms with E-state index in [1.165, 1.54) is 0 Å². The lowest BCUT2D eigenvalue weighted by molar-refractivity contribution is -0.120. The van der Waals surface area contributed by atoms with Crippen molar-refractivity contribution in [3.63, 3.8) is 0 Å². The van der Waals surface area contributed by atoms with Gasteiger partial charge in [-0.3, -0.25) is 9.78 Å². The number of nitrogens with two attached hydrogens (primary N) is 2. The highest BCUT2D eigenvalue weighted by Crippen LogP contribution is 2.47. The zero-order valence-electron chi connectivity index (χ0n) is 14.6. The molecule has 0 saturated heterocycles. The molecule has 1 amide bonds. The van der Waals surface area contributed by atoms with Crippen LogP contribution in [0, 0.1) is 6.92 Å². The lowest BCUT2D eigenvalue weighted by atomic mass is 9.94. The Bertz CT molecular complexity index is 1000. The molecular weight excluding hydrogens is 326 g/mol. The predicted octanol–water partition coefficient (Wildman–Crippen LogP) is 2.58. The summed E-state index contributed by atoms with van der Waals surface area (Å²) >= 11 is 0. The largest absolute Gasteiger partial charge is 0.489 e. The van der Waals surface area contributed by atoms with Crippen LogP contribution in [0.2, 0.25) is 0 Å². The number of aromatic nitrogens is 1. The quantitative estimate of drug-likeness (QED) is 0.742. The van der Waals surface area contributed by atoms with Gasteiger partial charge in [0.15, 0.2) is 0 Å². The number of fused-ring (bicyclic) bond motifs is 1. The van der Waals surface area contributed by atoms with E-state index in [-0.39, 0.29) is 11.9 Å². The summed E-state index contributed by atoms with van der Waals surface area (Å²) < 4.78 is 6.01. The van der Waals surface area contributed by atoms with Crippen molar-refractivity contribution in [1.29, 1.82) is 0 Å². The Morgan fingerprint density at radius 3 is 2.73 bits per heavy atom. The fourth-order valence-electron chi connectivity index (χ4n) is 3.58. The van der Waals surface area contributed by atoms with Gasteiger partial charge in [-0.2, -0.15) is 0 Å². The third kappa shape index (κ3) is 2.70. The van der Waals surface area contributed by atoms with Crippen LogP contribution in [0.1, 0.15) is 23.2 Å². The van der Waals surface area contributed by atoms with Crippen LogP contribution in [0.4, 0.5) is 0 Å². The maximum atomic E-state index is 11.9. The number of amides is 1. The highest BCUT2D eigenvalue weighted by molar-refractivity contribution is 5.91. The molecule has 1 heterocycles. The maximum absolute atomic E-state index is 11.9. The number of hydrogen-bond acceptors (Lipinski definition) is 4. The van der Waals surface area contributed by atoms with Gasteiger partial charge in [-0.1, -0.05) is 30.3 Å². The summed E-state index contributed by atoms with van der Waals surface area (Å²) in [7, 11) is 0. The molecule has 26 heavy (non-hydrogen) atoms. The van der Waals surface area contributed by atoms with Gasteiger partial charge >= 0.3 is 0 Å². The first-order valence-electron chi connectivity index (χ1n) is 8.65. The summed E-state index contributed by atoms with van der Waals surface area (Å²) in [6.07, 6.45) is 0.583. The van der Waals surface area contributed by atoms with Crippen LogP contribution in [-0.4, -0.2) is 16.9 Å². The monoisotopic (exact) mass is 347 g/mol. The third-order valence-corrected chi connectivity index (χ3v) is 5.13. The Hall–Kier alpha value is -2.92. The van der Waals surface area contributed by atoms with Crippen LogP contribution in [0.5, 0.6) is 5.75 Å². The second-order valence-electron chi connectivity index (χ2n) is 6.90. The fraction of sp³-hybridized carbons (Fsp3) is 0.238. The van der Waals surface area contributed by atoms with Crippen molar-refractivity contribution in [2.75, 3.05) is 0 Å². The molecule has 0 radical (unpaired) electrons. The Labute approximate surface area is 152 Å². The predicted molar refractivity (Wildman–Crippen MR) is 101 cm³/mol. The molecule has 4 rings (SSSR count). The van der Waals surface area contributed by atoms with Gasteiger partial charge in [0.1, 0.15) is 12.4 Å². The van der Waals surface area contributed by atoms with Crippen molar-refractivity contribution in [1.82, 2.24) is 4.98 Å². The molecule has 0 bridgehead atoms. The van der Waals surface area contributed by atoms with Crippen molar-refractivity contribution >= 4 is 16.8 Å². The molecule has 1 fully saturated rings. The minimum atomic E-state index is -0.751. The Morgan fingerprint density at radius 2 is 2.00 bits per heavy atom. The van der Waals surface area contributed by atoms with E-state index in [1.54, 1.807) is 0 Å². The number of nitrogens with zero attached hydrogens (tertiary/aromatic N) is 1. The molecule has 2 aromatic carbocycles. The van der Waals surface area contributed by atoms with Crippen LogP contribution < -0.4 is 16.2 Å². The number of ether oxygens (including phenoxy) is 1. The zero-order valence-corrected chi connectivity index (χ0v) is 14.6. The number of rotatable bonds is 5. The molecule has 0 unspecified atom stereocenters. The average Bonchev–Trinajstić information content (AvgIpc) is 3.32. The number of para-hydroxylation sites is 1. The zero-order chi connectivity index (χ0) is 18.3. The van der Waals surface area contributed by atoms with Crippen LogP contribution in [0.3, 0.4) is 0 Å². The van der Waals surface area contributed by atoms with Crippen LogP contribution in [0.15, 0.2) is 54.6 Å². The van der Waals surface area contributed by atoms with Gasteiger partial charge < -0.3 is 16.2 Å². The van der Waals surface area contributed by atoms with Gasteiger partial charge in [-0.15, -0.1) is 0 Å². The summed E-state index contributed by atoms with van der Waals surface area (Å²) in [6.45, 7) is 2.39. The molecule has 5 heteroatoms. The number of benzene rings is 2. The molecule has 1 aromatic heterocycles. The van der Waals surface area contributed by atoms with Crippen molar-refractivity contribution in [2.45, 2.75) is 31.4 Å². The summed E-state index contributed by atoms with van der Waals surface area (Å²) in [5, 5.41) is 1.08. The minimum Gasteiger partial charge on any atom is -0.489 e. The lowest BCUT2D eigenvalue weighted by Gasteiger charge is -2.15. The molecule has 1 aliphatic carbocycles. The Balaban J connectivity index is 1.60. The lowest BCUT2D eigenvalue weighted by Crippen LogP contribution is -2.34. The number of carbonyl (C=O) groups excluding carboxylic acids is 1. The topological polar surface area (TPSA) is 91.2 Å². The highest BCUT2D eigenvalue weighted by Gasteiger charge is 2.58. The van der Waals surface area contributed by atoms with Crippen molar-refractivity contribution < 1.29 is 9.53 Å².